The molecular formula is C70H109N4O12S4+. The van der Waals surface area contributed by atoms with E-state index in [0.29, 0.717) is 62.1 Å². The van der Waals surface area contributed by atoms with Crippen LogP contribution in [0.4, 0.5) is 0 Å². The van der Waals surface area contributed by atoms with Crippen LogP contribution in [-0.4, -0.2) is 144 Å². The monoisotopic (exact) mass is 1330 g/mol. The van der Waals surface area contributed by atoms with Crippen molar-refractivity contribution < 1.29 is 62.1 Å². The van der Waals surface area contributed by atoms with Crippen LogP contribution in [0.5, 0.6) is 0 Å². The minimum atomic E-state index is -1.04. The van der Waals surface area contributed by atoms with Gasteiger partial charge in [-0.3, -0.25) is 28.8 Å². The first-order chi connectivity index (χ1) is 42.3. The van der Waals surface area contributed by atoms with E-state index in [4.69, 9.17) is 28.4 Å². The van der Waals surface area contributed by atoms with Crippen molar-refractivity contribution in [3.63, 3.8) is 0 Å². The van der Waals surface area contributed by atoms with Crippen molar-refractivity contribution in [3.05, 3.63) is 71.8 Å². The lowest BCUT2D eigenvalue weighted by Gasteiger charge is -2.38. The second-order valence-corrected chi connectivity index (χ2v) is 33.7. The van der Waals surface area contributed by atoms with E-state index >= 15 is 0 Å². The fourth-order valence-electron chi connectivity index (χ4n) is 11.6. The van der Waals surface area contributed by atoms with Gasteiger partial charge in [0.1, 0.15) is 46.2 Å². The lowest BCUT2D eigenvalue weighted by Crippen LogP contribution is -3.06. The molecule has 2 aromatic rings. The molecule has 2 aliphatic heterocycles. The van der Waals surface area contributed by atoms with Crippen molar-refractivity contribution in [1.29, 1.82) is 10.5 Å². The molecule has 6 atom stereocenters. The Labute approximate surface area is 556 Å². The Morgan fingerprint density at radius 1 is 0.522 bits per heavy atom. The highest BCUT2D eigenvalue weighted by molar-refractivity contribution is 8.77. The second-order valence-electron chi connectivity index (χ2n) is 28.2. The van der Waals surface area contributed by atoms with E-state index in [1.165, 1.54) is 24.3 Å². The highest BCUT2D eigenvalue weighted by Crippen LogP contribution is 2.48. The Morgan fingerprint density at radius 3 is 1.23 bits per heavy atom. The van der Waals surface area contributed by atoms with E-state index in [-0.39, 0.29) is 88.2 Å². The van der Waals surface area contributed by atoms with Crippen LogP contribution < -0.4 is 4.90 Å². The van der Waals surface area contributed by atoms with E-state index in [9.17, 15) is 39.3 Å². The van der Waals surface area contributed by atoms with Gasteiger partial charge in [-0.25, -0.2) is 0 Å². The average molecular weight is 1330 g/mol. The Morgan fingerprint density at radius 2 is 0.889 bits per heavy atom. The zero-order valence-electron chi connectivity index (χ0n) is 56.8. The van der Waals surface area contributed by atoms with Crippen molar-refractivity contribution in [2.75, 3.05) is 92.4 Å². The Balaban J connectivity index is 0.000000470. The molecule has 2 aliphatic rings. The number of hydrogen-bond donors (Lipinski definition) is 1. The molecule has 0 amide bonds. The summed E-state index contributed by atoms with van der Waals surface area (Å²) < 4.78 is 33.3. The molecule has 20 heteroatoms. The maximum Gasteiger partial charge on any atom is 0.312 e. The number of esters is 6. The maximum absolute atomic E-state index is 13.8. The van der Waals surface area contributed by atoms with Crippen LogP contribution >= 0.6 is 43.2 Å². The molecule has 0 aliphatic carbocycles. The van der Waals surface area contributed by atoms with E-state index < -0.39 is 44.4 Å². The number of hydrogen-bond acceptors (Lipinski definition) is 19. The Kier molecular flexibility index (Phi) is 35.4. The van der Waals surface area contributed by atoms with Gasteiger partial charge in [0.05, 0.1) is 58.7 Å². The first-order valence-electron chi connectivity index (χ1n) is 32.3. The summed E-state index contributed by atoms with van der Waals surface area (Å²) in [6.07, 6.45) is 11.4. The van der Waals surface area contributed by atoms with Gasteiger partial charge in [-0.05, 0) is 183 Å². The standard InChI is InChI=1S/2C35H54N2O6S2/c2*1-33(2,26-36)23-28(27-13-9-8-10-14-27)24-35(5,32(40)42-19-18-37(6)7)25-34(3,4)31(39)43-21-20-41-30(38)16-12-11-15-29-17-22-44-45-29/h2*8-10,13-14,28-29H,11-12,15-25H2,1-7H3/p+1. The van der Waals surface area contributed by atoms with Crippen LogP contribution in [0.15, 0.2) is 60.7 Å². The number of unbranched alkanes of at least 4 members (excludes halogenated alkanes) is 2. The number of carbonyl (C=O) groups excluding carboxylic acids is 6. The van der Waals surface area contributed by atoms with E-state index in [1.807, 2.05) is 178 Å². The Bertz CT molecular complexity index is 2410. The predicted molar refractivity (Wildman–Crippen MR) is 364 cm³/mol. The molecule has 4 rings (SSSR count). The first kappa shape index (κ1) is 79.8. The molecule has 2 heterocycles. The highest BCUT2D eigenvalue weighted by atomic mass is 33.1. The van der Waals surface area contributed by atoms with Crippen molar-refractivity contribution in [3.8, 4) is 12.1 Å². The number of carbonyl (C=O) groups is 6. The summed E-state index contributed by atoms with van der Waals surface area (Å²) >= 11 is 0. The molecule has 16 nitrogen and oxygen atoms in total. The van der Waals surface area contributed by atoms with Gasteiger partial charge in [0, 0.05) is 41.4 Å². The van der Waals surface area contributed by atoms with Crippen LogP contribution in [0.25, 0.3) is 0 Å². The van der Waals surface area contributed by atoms with Gasteiger partial charge >= 0.3 is 35.8 Å². The number of ether oxygens (including phenoxy) is 6. The summed E-state index contributed by atoms with van der Waals surface area (Å²) in [5.41, 5.74) is -3.27. The topological polar surface area (TPSA) is 213 Å². The third-order valence-corrected chi connectivity index (χ3v) is 22.4. The molecule has 0 bridgehead atoms. The van der Waals surface area contributed by atoms with Crippen molar-refractivity contribution in [2.24, 2.45) is 32.5 Å². The van der Waals surface area contributed by atoms with Crippen molar-refractivity contribution >= 4 is 79.0 Å². The van der Waals surface area contributed by atoms with Gasteiger partial charge in [-0.15, -0.1) is 0 Å². The lowest BCUT2D eigenvalue weighted by atomic mass is 9.66. The fraction of sp³-hybridized carbons (Fsp3) is 0.714. The third kappa shape index (κ3) is 31.0. The molecule has 1 N–H and O–H groups in total. The van der Waals surface area contributed by atoms with Gasteiger partial charge in [0.2, 0.25) is 0 Å². The van der Waals surface area contributed by atoms with E-state index in [0.717, 1.165) is 54.6 Å². The summed E-state index contributed by atoms with van der Waals surface area (Å²) in [5, 5.41) is 21.0. The lowest BCUT2D eigenvalue weighted by molar-refractivity contribution is -0.858. The quantitative estimate of drug-likeness (QED) is 0.0284. The molecule has 6 unspecified atom stereocenters. The van der Waals surface area contributed by atoms with Crippen molar-refractivity contribution in [1.82, 2.24) is 4.90 Å². The molecule has 2 aromatic carbocycles. The first-order valence-corrected chi connectivity index (χ1v) is 37.0. The van der Waals surface area contributed by atoms with Crippen LogP contribution in [0.2, 0.25) is 0 Å². The number of nitrogens with zero attached hydrogens (tertiary/aromatic N) is 3. The largest absolute Gasteiger partial charge is 0.464 e. The van der Waals surface area contributed by atoms with Gasteiger partial charge in [0.25, 0.3) is 0 Å². The second kappa shape index (κ2) is 40.0. The molecule has 504 valence electrons. The normalized spacial score (nSPS) is 17.3. The third-order valence-electron chi connectivity index (χ3n) is 16.3. The zero-order chi connectivity index (χ0) is 67.0. The summed E-state index contributed by atoms with van der Waals surface area (Å²) in [6.45, 7) is 20.1. The number of nitriles is 2. The van der Waals surface area contributed by atoms with Gasteiger partial charge < -0.3 is 38.2 Å². The number of nitrogens with one attached hydrogen (secondary N) is 1. The van der Waals surface area contributed by atoms with Crippen LogP contribution in [0, 0.1) is 55.2 Å². The molecule has 2 saturated heterocycles. The number of benzene rings is 2. The maximum atomic E-state index is 13.8. The average Bonchev–Trinajstić information content (AvgIpc) is 0.985. The SMILES string of the molecule is CN(C)CCOC(=O)C(C)(CC(CC(C)(C)C#N)c1ccccc1)CC(C)(C)C(=O)OCCOC(=O)CCCCC1CCSS1.C[NH+](C)CCOC(=O)C(C)(CC(CC(C)(C)C#N)c1ccccc1)CC(C)(C)C(=O)OCCOC(=O)CCCCC1CCSS1. The van der Waals surface area contributed by atoms with Gasteiger partial charge in [0.15, 0.2) is 0 Å². The molecule has 0 saturated carbocycles. The highest BCUT2D eigenvalue weighted by Gasteiger charge is 2.48. The van der Waals surface area contributed by atoms with Crippen molar-refractivity contribution in [2.45, 2.75) is 194 Å². The number of rotatable bonds is 40. The summed E-state index contributed by atoms with van der Waals surface area (Å²) in [7, 11) is 15.6. The summed E-state index contributed by atoms with van der Waals surface area (Å²) in [6, 6.07) is 24.6. The van der Waals surface area contributed by atoms with E-state index in [1.54, 1.807) is 27.7 Å². The summed E-state index contributed by atoms with van der Waals surface area (Å²) in [5.74, 6) is -0.0269. The minimum absolute atomic E-state index is 0.00105. The van der Waals surface area contributed by atoms with Gasteiger partial charge in [-0.1, -0.05) is 117 Å². The number of likely N-dealkylation sites (N-methyl/N-ethyl adjacent to an activating group) is 2. The molecule has 0 radical (unpaired) electrons. The zero-order valence-corrected chi connectivity index (χ0v) is 60.1. The van der Waals surface area contributed by atoms with E-state index in [2.05, 4.69) is 12.1 Å². The molecular weight excluding hydrogens is 1220 g/mol. The predicted octanol–water partition coefficient (Wildman–Crippen LogP) is 13.4. The van der Waals surface area contributed by atoms with Crippen LogP contribution in [-0.2, 0) is 57.2 Å². The summed E-state index contributed by atoms with van der Waals surface area (Å²) in [4.78, 5) is 81.6. The fourth-order valence-corrected chi connectivity index (χ4v) is 17.6. The molecule has 0 spiro atoms. The number of quaternary nitrogens is 1. The molecule has 0 aromatic heterocycles. The Hall–Kier alpha value is -4.44. The molecule has 2 fully saturated rings. The molecule has 90 heavy (non-hydrogen) atoms. The van der Waals surface area contributed by atoms with Crippen LogP contribution in [0.3, 0.4) is 0 Å². The van der Waals surface area contributed by atoms with Crippen LogP contribution in [0.1, 0.15) is 195 Å². The minimum Gasteiger partial charge on any atom is -0.464 e. The van der Waals surface area contributed by atoms with Gasteiger partial charge in [-0.2, -0.15) is 10.5 Å². The smallest absolute Gasteiger partial charge is 0.312 e.